The molecule has 0 aromatic heterocycles. The fourth-order valence-electron chi connectivity index (χ4n) is 8.08. The van der Waals surface area contributed by atoms with Crippen molar-refractivity contribution in [2.75, 3.05) is 6.61 Å². The van der Waals surface area contributed by atoms with Crippen LogP contribution in [0.25, 0.3) is 0 Å². The fraction of sp³-hybridized carbons (Fsp3) is 0.880. The van der Waals surface area contributed by atoms with Gasteiger partial charge in [0.2, 0.25) is 0 Å². The van der Waals surface area contributed by atoms with Crippen molar-refractivity contribution in [1.82, 2.24) is 0 Å². The van der Waals surface area contributed by atoms with Crippen LogP contribution in [0.15, 0.2) is 11.6 Å². The predicted molar refractivity (Wildman–Crippen MR) is 115 cm³/mol. The molecule has 4 fully saturated rings. The van der Waals surface area contributed by atoms with Crippen LogP contribution in [0.1, 0.15) is 65.2 Å². The highest BCUT2D eigenvalue weighted by atomic mass is 16.7. The van der Waals surface area contributed by atoms with E-state index < -0.39 is 37.3 Å². The number of ketones is 1. The molecule has 0 spiro atoms. The second kappa shape index (κ2) is 8.14. The molecule has 4 aliphatic carbocycles. The summed E-state index contributed by atoms with van der Waals surface area (Å²) in [5, 5.41) is 40.2. The molecule has 4 N–H and O–H groups in total. The molecular weight excluding hydrogens is 412 g/mol. The second-order valence-electron chi connectivity index (χ2n) is 11.4. The van der Waals surface area contributed by atoms with Crippen LogP contribution in [-0.2, 0) is 14.3 Å². The molecule has 180 valence electrons. The first-order valence-corrected chi connectivity index (χ1v) is 12.4. The Bertz CT molecular complexity index is 780. The zero-order valence-electron chi connectivity index (χ0n) is 19.2. The van der Waals surface area contributed by atoms with Crippen molar-refractivity contribution < 1.29 is 34.7 Å². The maximum absolute atomic E-state index is 12.0. The van der Waals surface area contributed by atoms with Crippen LogP contribution in [-0.4, -0.2) is 69.6 Å². The van der Waals surface area contributed by atoms with E-state index in [2.05, 4.69) is 13.8 Å². The topological polar surface area (TPSA) is 116 Å². The van der Waals surface area contributed by atoms with E-state index in [0.717, 1.165) is 44.9 Å². The lowest BCUT2D eigenvalue weighted by atomic mass is 9.47. The molecule has 5 rings (SSSR count). The van der Waals surface area contributed by atoms with E-state index in [1.54, 1.807) is 0 Å². The molecule has 1 saturated heterocycles. The van der Waals surface area contributed by atoms with Crippen molar-refractivity contribution in [1.29, 1.82) is 0 Å². The number of aliphatic hydroxyl groups is 4. The van der Waals surface area contributed by atoms with Gasteiger partial charge in [0.1, 0.15) is 24.4 Å². The first-order chi connectivity index (χ1) is 15.2. The van der Waals surface area contributed by atoms with E-state index in [-0.39, 0.29) is 22.7 Å². The van der Waals surface area contributed by atoms with Crippen LogP contribution in [0.4, 0.5) is 0 Å². The molecule has 1 heterocycles. The minimum absolute atomic E-state index is 0.0396. The molecule has 1 aliphatic heterocycles. The number of rotatable bonds is 3. The van der Waals surface area contributed by atoms with Gasteiger partial charge in [0, 0.05) is 6.42 Å². The van der Waals surface area contributed by atoms with Crippen molar-refractivity contribution >= 4 is 5.78 Å². The third-order valence-electron chi connectivity index (χ3n) is 10.0. The van der Waals surface area contributed by atoms with Gasteiger partial charge in [-0.3, -0.25) is 4.79 Å². The van der Waals surface area contributed by atoms with Gasteiger partial charge in [0.15, 0.2) is 12.1 Å². The van der Waals surface area contributed by atoms with Crippen LogP contribution < -0.4 is 0 Å². The zero-order valence-corrected chi connectivity index (χ0v) is 19.2. The Kier molecular flexibility index (Phi) is 5.83. The average Bonchev–Trinajstić information content (AvgIpc) is 3.10. The van der Waals surface area contributed by atoms with E-state index in [4.69, 9.17) is 9.47 Å². The average molecular weight is 451 g/mol. The standard InChI is InChI=1S/C25H38O7/c1-24-9-7-14(27)11-13(24)3-4-15-16-5-6-19(25(16,2)10-8-17(15)24)32-23-22(30)21(29)20(28)18(12-26)31-23/h11,15-23,26,28-30H,3-10,12H2,1-2H3/t15-,16-,17-,18?,19-,20+,21-,22?,23-,24?,25?/m0/s1. The number of hydrogen-bond donors (Lipinski definition) is 4. The monoisotopic (exact) mass is 450 g/mol. The summed E-state index contributed by atoms with van der Waals surface area (Å²) in [6.45, 7) is 4.23. The molecule has 3 saturated carbocycles. The van der Waals surface area contributed by atoms with Crippen LogP contribution >= 0.6 is 0 Å². The Morgan fingerprint density at radius 3 is 2.53 bits per heavy atom. The van der Waals surface area contributed by atoms with Crippen molar-refractivity contribution in [3.63, 3.8) is 0 Å². The first kappa shape index (κ1) is 22.9. The lowest BCUT2D eigenvalue weighted by Crippen LogP contribution is -2.60. The first-order valence-electron chi connectivity index (χ1n) is 12.4. The highest BCUT2D eigenvalue weighted by molar-refractivity contribution is 5.91. The van der Waals surface area contributed by atoms with Crippen molar-refractivity contribution in [3.05, 3.63) is 11.6 Å². The SMILES string of the molecule is CC12CCC(=O)C=C1CC[C@@H]1[C@@H]2CCC2(C)[C@@H](O[C@@H]3OC(CO)[C@@H](O)[C@H](O)C3O)CC[C@@H]12. The van der Waals surface area contributed by atoms with Gasteiger partial charge < -0.3 is 29.9 Å². The quantitative estimate of drug-likeness (QED) is 0.517. The summed E-state index contributed by atoms with van der Waals surface area (Å²) in [6, 6.07) is 0. The molecule has 0 aromatic rings. The normalized spacial score (nSPS) is 53.2. The van der Waals surface area contributed by atoms with Gasteiger partial charge in [0.05, 0.1) is 12.7 Å². The summed E-state index contributed by atoms with van der Waals surface area (Å²) < 4.78 is 12.0. The molecule has 7 heteroatoms. The van der Waals surface area contributed by atoms with Crippen molar-refractivity contribution in [3.8, 4) is 0 Å². The van der Waals surface area contributed by atoms with Gasteiger partial charge >= 0.3 is 0 Å². The third-order valence-corrected chi connectivity index (χ3v) is 10.0. The minimum atomic E-state index is -1.41. The summed E-state index contributed by atoms with van der Waals surface area (Å²) in [4.78, 5) is 12.0. The summed E-state index contributed by atoms with van der Waals surface area (Å²) in [5.74, 6) is 2.00. The van der Waals surface area contributed by atoms with E-state index >= 15 is 0 Å². The molecule has 0 amide bonds. The fourth-order valence-corrected chi connectivity index (χ4v) is 8.08. The van der Waals surface area contributed by atoms with E-state index in [0.29, 0.717) is 24.2 Å². The molecule has 0 aromatic carbocycles. The largest absolute Gasteiger partial charge is 0.394 e. The van der Waals surface area contributed by atoms with Gasteiger partial charge in [-0.05, 0) is 79.6 Å². The van der Waals surface area contributed by atoms with Gasteiger partial charge in [0.25, 0.3) is 0 Å². The highest BCUT2D eigenvalue weighted by Gasteiger charge is 2.60. The van der Waals surface area contributed by atoms with Crippen LogP contribution in [0, 0.1) is 28.6 Å². The van der Waals surface area contributed by atoms with Crippen molar-refractivity contribution in [2.45, 2.75) is 102 Å². The molecule has 0 bridgehead atoms. The Labute approximate surface area is 189 Å². The lowest BCUT2D eigenvalue weighted by molar-refractivity contribution is -0.319. The number of ether oxygens (including phenoxy) is 2. The zero-order chi connectivity index (χ0) is 22.8. The Balaban J connectivity index is 1.33. The summed E-state index contributed by atoms with van der Waals surface area (Å²) >= 11 is 0. The lowest BCUT2D eigenvalue weighted by Gasteiger charge is -2.58. The molecule has 0 radical (unpaired) electrons. The maximum atomic E-state index is 12.0. The van der Waals surface area contributed by atoms with Gasteiger partial charge in [-0.15, -0.1) is 0 Å². The van der Waals surface area contributed by atoms with Crippen molar-refractivity contribution in [2.24, 2.45) is 28.6 Å². The van der Waals surface area contributed by atoms with Crippen LogP contribution in [0.5, 0.6) is 0 Å². The Hall–Kier alpha value is -0.830. The van der Waals surface area contributed by atoms with Crippen LogP contribution in [0.3, 0.4) is 0 Å². The Morgan fingerprint density at radius 2 is 1.78 bits per heavy atom. The number of fused-ring (bicyclic) bond motifs is 5. The summed E-state index contributed by atoms with van der Waals surface area (Å²) in [7, 11) is 0. The number of carbonyl (C=O) groups excluding carboxylic acids is 1. The summed E-state index contributed by atoms with van der Waals surface area (Å²) in [6.07, 6.45) is 3.50. The second-order valence-corrected chi connectivity index (χ2v) is 11.4. The number of carbonyl (C=O) groups is 1. The van der Waals surface area contributed by atoms with E-state index in [1.165, 1.54) is 5.57 Å². The third kappa shape index (κ3) is 3.35. The van der Waals surface area contributed by atoms with Gasteiger partial charge in [-0.1, -0.05) is 19.4 Å². The van der Waals surface area contributed by atoms with Crippen LogP contribution in [0.2, 0.25) is 0 Å². The molecule has 7 nitrogen and oxygen atoms in total. The molecule has 32 heavy (non-hydrogen) atoms. The number of hydrogen-bond acceptors (Lipinski definition) is 7. The molecule has 11 atom stereocenters. The van der Waals surface area contributed by atoms with Gasteiger partial charge in [-0.25, -0.2) is 0 Å². The van der Waals surface area contributed by atoms with E-state index in [1.807, 2.05) is 6.08 Å². The minimum Gasteiger partial charge on any atom is -0.394 e. The maximum Gasteiger partial charge on any atom is 0.186 e. The number of aliphatic hydroxyl groups excluding tert-OH is 4. The predicted octanol–water partition coefficient (Wildman–Crippen LogP) is 1.70. The Morgan fingerprint density at radius 1 is 1.00 bits per heavy atom. The molecule has 4 unspecified atom stereocenters. The highest BCUT2D eigenvalue weighted by Crippen LogP contribution is 2.65. The summed E-state index contributed by atoms with van der Waals surface area (Å²) in [5.41, 5.74) is 1.46. The van der Waals surface area contributed by atoms with E-state index in [9.17, 15) is 25.2 Å². The van der Waals surface area contributed by atoms with Gasteiger partial charge in [-0.2, -0.15) is 0 Å². The molecular formula is C25H38O7. The smallest absolute Gasteiger partial charge is 0.186 e. The number of allylic oxidation sites excluding steroid dienone is 1. The molecule has 5 aliphatic rings.